The van der Waals surface area contributed by atoms with Crippen LogP contribution in [-0.2, 0) is 6.42 Å². The molecule has 0 aliphatic heterocycles. The van der Waals surface area contributed by atoms with E-state index in [1.807, 2.05) is 0 Å². The first kappa shape index (κ1) is 39.7. The molecule has 0 fully saturated rings. The molecule has 0 amide bonds. The lowest BCUT2D eigenvalue weighted by Crippen LogP contribution is -2.10. The third-order valence-corrected chi connectivity index (χ3v) is 12.8. The Bertz CT molecular complexity index is 2930. The van der Waals surface area contributed by atoms with Gasteiger partial charge in [0.05, 0.1) is 0 Å². The smallest absolute Gasteiger partial charge is 0.0467 e. The third-order valence-electron chi connectivity index (χ3n) is 12.8. The van der Waals surface area contributed by atoms with Crippen LogP contribution < -0.4 is 9.80 Å². The highest BCUT2D eigenvalue weighted by atomic mass is 15.1. The van der Waals surface area contributed by atoms with Gasteiger partial charge in [-0.3, -0.25) is 0 Å². The van der Waals surface area contributed by atoms with Crippen molar-refractivity contribution < 1.29 is 0 Å². The maximum absolute atomic E-state index is 2.48. The van der Waals surface area contributed by atoms with Gasteiger partial charge >= 0.3 is 0 Å². The Balaban J connectivity index is 1.21. The average Bonchev–Trinajstić information content (AvgIpc) is 3.49. The fraction of sp³-hybridized carbons (Fsp3) is 0.115. The van der Waals surface area contributed by atoms with Gasteiger partial charge < -0.3 is 9.80 Å². The summed E-state index contributed by atoms with van der Waals surface area (Å²) in [5.74, 6) is 0.205. The number of fused-ring (bicyclic) bond motifs is 3. The summed E-state index contributed by atoms with van der Waals surface area (Å²) in [4.78, 5) is 4.77. The Labute approximate surface area is 373 Å². The molecule has 1 atom stereocenters. The van der Waals surface area contributed by atoms with E-state index >= 15 is 0 Å². The molecule has 0 radical (unpaired) electrons. The van der Waals surface area contributed by atoms with Crippen molar-refractivity contribution in [2.75, 3.05) is 9.80 Å². The average molecular weight is 813 g/mol. The van der Waals surface area contributed by atoms with Crippen LogP contribution in [0.2, 0.25) is 0 Å². The first-order valence-electron chi connectivity index (χ1n) is 22.3. The van der Waals surface area contributed by atoms with Crippen LogP contribution in [0.15, 0.2) is 212 Å². The summed E-state index contributed by atoms with van der Waals surface area (Å²) in [6, 6.07) is 79.0. The van der Waals surface area contributed by atoms with E-state index < -0.39 is 0 Å². The van der Waals surface area contributed by atoms with Gasteiger partial charge in [0.1, 0.15) is 0 Å². The second kappa shape index (κ2) is 17.2. The van der Waals surface area contributed by atoms with Gasteiger partial charge in [-0.2, -0.15) is 0 Å². The minimum Gasteiger partial charge on any atom is -0.310 e. The Hall–Kier alpha value is -7.42. The van der Waals surface area contributed by atoms with Crippen LogP contribution in [0.5, 0.6) is 0 Å². The first-order valence-corrected chi connectivity index (χ1v) is 22.3. The molecule has 0 saturated heterocycles. The van der Waals surface area contributed by atoms with Gasteiger partial charge in [-0.25, -0.2) is 0 Å². The van der Waals surface area contributed by atoms with Crippen molar-refractivity contribution in [3.63, 3.8) is 0 Å². The molecule has 10 rings (SSSR count). The zero-order chi connectivity index (χ0) is 42.9. The van der Waals surface area contributed by atoms with E-state index in [2.05, 4.69) is 250 Å². The lowest BCUT2D eigenvalue weighted by Gasteiger charge is -2.28. The van der Waals surface area contributed by atoms with Crippen molar-refractivity contribution in [1.29, 1.82) is 0 Å². The summed E-state index contributed by atoms with van der Waals surface area (Å²) in [5, 5.41) is 0. The van der Waals surface area contributed by atoms with Crippen molar-refractivity contribution in [3.05, 3.63) is 251 Å². The minimum atomic E-state index is 0.205. The van der Waals surface area contributed by atoms with Gasteiger partial charge in [0.15, 0.2) is 0 Å². The molecule has 63 heavy (non-hydrogen) atoms. The maximum Gasteiger partial charge on any atom is 0.0467 e. The molecule has 9 aromatic rings. The van der Waals surface area contributed by atoms with Crippen LogP contribution in [0.25, 0.3) is 33.4 Å². The minimum absolute atomic E-state index is 0.205. The molecule has 9 aromatic carbocycles. The zero-order valence-corrected chi connectivity index (χ0v) is 36.6. The SMILES string of the molecule is Cc1ccc(N(c2ccc(C)cc2)c2cccc(-c3cc(-c4cccc(N(c5ccc(C)cc5)c5ccc(C)cc5)c4)c4c(c3)-c3ccccc3CCC4c3ccccc3)c2)cc1. The molecule has 1 aliphatic carbocycles. The van der Waals surface area contributed by atoms with Gasteiger partial charge in [0.25, 0.3) is 0 Å². The summed E-state index contributed by atoms with van der Waals surface area (Å²) >= 11 is 0. The molecule has 2 nitrogen and oxygen atoms in total. The van der Waals surface area contributed by atoms with E-state index in [1.165, 1.54) is 72.3 Å². The molecule has 0 bridgehead atoms. The van der Waals surface area contributed by atoms with E-state index in [9.17, 15) is 0 Å². The molecule has 2 heteroatoms. The number of nitrogens with zero attached hydrogens (tertiary/aromatic N) is 2. The largest absolute Gasteiger partial charge is 0.310 e. The molecular weight excluding hydrogens is 761 g/mol. The Morgan fingerprint density at radius 3 is 1.30 bits per heavy atom. The highest BCUT2D eigenvalue weighted by Gasteiger charge is 2.28. The second-order valence-electron chi connectivity index (χ2n) is 17.3. The maximum atomic E-state index is 2.48. The normalized spacial score (nSPS) is 13.1. The monoisotopic (exact) mass is 812 g/mol. The molecule has 0 spiro atoms. The van der Waals surface area contributed by atoms with Crippen LogP contribution in [0.4, 0.5) is 34.1 Å². The van der Waals surface area contributed by atoms with Crippen LogP contribution in [0, 0.1) is 27.7 Å². The first-order chi connectivity index (χ1) is 30.9. The highest BCUT2D eigenvalue weighted by molar-refractivity contribution is 5.90. The Kier molecular flexibility index (Phi) is 10.8. The topological polar surface area (TPSA) is 6.48 Å². The lowest BCUT2D eigenvalue weighted by atomic mass is 9.79. The summed E-state index contributed by atoms with van der Waals surface area (Å²) in [6.07, 6.45) is 2.03. The van der Waals surface area contributed by atoms with Crippen molar-refractivity contribution in [2.45, 2.75) is 46.5 Å². The van der Waals surface area contributed by atoms with Crippen molar-refractivity contribution in [1.82, 2.24) is 0 Å². The highest BCUT2D eigenvalue weighted by Crippen LogP contribution is 2.49. The van der Waals surface area contributed by atoms with Crippen LogP contribution in [-0.4, -0.2) is 0 Å². The van der Waals surface area contributed by atoms with Crippen LogP contribution in [0.1, 0.15) is 51.3 Å². The van der Waals surface area contributed by atoms with Gasteiger partial charge in [-0.15, -0.1) is 0 Å². The third kappa shape index (κ3) is 8.09. The van der Waals surface area contributed by atoms with Gasteiger partial charge in [-0.1, -0.05) is 150 Å². The van der Waals surface area contributed by atoms with E-state index in [-0.39, 0.29) is 5.92 Å². The fourth-order valence-electron chi connectivity index (χ4n) is 9.43. The van der Waals surface area contributed by atoms with E-state index in [0.29, 0.717) is 0 Å². The van der Waals surface area contributed by atoms with Crippen molar-refractivity contribution in [3.8, 4) is 33.4 Å². The molecule has 306 valence electrons. The number of hydrogen-bond donors (Lipinski definition) is 0. The number of rotatable bonds is 9. The van der Waals surface area contributed by atoms with Gasteiger partial charge in [0, 0.05) is 40.0 Å². The molecule has 0 aromatic heterocycles. The molecule has 0 heterocycles. The number of aryl methyl sites for hydroxylation is 5. The summed E-state index contributed by atoms with van der Waals surface area (Å²) < 4.78 is 0. The summed E-state index contributed by atoms with van der Waals surface area (Å²) in [7, 11) is 0. The second-order valence-corrected chi connectivity index (χ2v) is 17.3. The van der Waals surface area contributed by atoms with Crippen LogP contribution in [0.3, 0.4) is 0 Å². The quantitative estimate of drug-likeness (QED) is 0.143. The Morgan fingerprint density at radius 2 is 0.778 bits per heavy atom. The lowest BCUT2D eigenvalue weighted by molar-refractivity contribution is 0.727. The molecular formula is C61H52N2. The number of benzene rings is 9. The van der Waals surface area contributed by atoms with E-state index in [0.717, 1.165) is 47.0 Å². The molecule has 1 unspecified atom stereocenters. The summed E-state index contributed by atoms with van der Waals surface area (Å²) in [5.41, 5.74) is 23.4. The van der Waals surface area contributed by atoms with Crippen molar-refractivity contribution in [2.24, 2.45) is 0 Å². The predicted molar refractivity (Wildman–Crippen MR) is 268 cm³/mol. The summed E-state index contributed by atoms with van der Waals surface area (Å²) in [6.45, 7) is 8.60. The number of anilines is 6. The molecule has 0 saturated carbocycles. The fourth-order valence-corrected chi connectivity index (χ4v) is 9.43. The van der Waals surface area contributed by atoms with Gasteiger partial charge in [0.2, 0.25) is 0 Å². The van der Waals surface area contributed by atoms with Crippen molar-refractivity contribution >= 4 is 34.1 Å². The molecule has 1 aliphatic rings. The van der Waals surface area contributed by atoms with E-state index in [4.69, 9.17) is 0 Å². The van der Waals surface area contributed by atoms with Crippen LogP contribution >= 0.6 is 0 Å². The Morgan fingerprint density at radius 1 is 0.333 bits per heavy atom. The standard InChI is InChI=1S/C61H52N2/c1-42-20-29-51(30-21-42)62(52-31-22-43(2)23-32-52)55-17-10-15-48(38-55)50-40-59(61-58(46-12-6-5-7-13-46)37-28-47-14-8-9-19-57(47)60(61)41-50)49-16-11-18-56(39-49)63(53-33-24-44(3)25-34-53)54-35-26-45(4)27-36-54/h5-27,29-36,38-41,58H,28,37H2,1-4H3. The van der Waals surface area contributed by atoms with E-state index in [1.54, 1.807) is 0 Å². The predicted octanol–water partition coefficient (Wildman–Crippen LogP) is 16.9. The zero-order valence-electron chi connectivity index (χ0n) is 36.6. The molecule has 0 N–H and O–H groups in total. The van der Waals surface area contributed by atoms with Gasteiger partial charge in [-0.05, 0) is 176 Å². The number of hydrogen-bond acceptors (Lipinski definition) is 2.